The van der Waals surface area contributed by atoms with Gasteiger partial charge in [0.1, 0.15) is 34.3 Å². The number of anilines is 2. The van der Waals surface area contributed by atoms with Crippen LogP contribution in [0.2, 0.25) is 0 Å². The Morgan fingerprint density at radius 3 is 2.38 bits per heavy atom. The highest BCUT2D eigenvalue weighted by Gasteiger charge is 2.53. The van der Waals surface area contributed by atoms with Crippen LogP contribution in [0.1, 0.15) is 79.3 Å². The van der Waals surface area contributed by atoms with Gasteiger partial charge in [-0.25, -0.2) is 14.8 Å². The van der Waals surface area contributed by atoms with E-state index in [4.69, 9.17) is 41.9 Å². The van der Waals surface area contributed by atoms with E-state index in [1.807, 2.05) is 18.2 Å². The highest BCUT2D eigenvalue weighted by Crippen LogP contribution is 2.57. The standard InChI is InChI=1S/C48H53N7O8S/c1-4-5-11-40-54-42-43(32-9-6-7-10-37(32)53-44(42)49)55(40)27-47(2,3)28-61-23-20-50-41(58)18-22-60-21-8-19-51-46(64)52-29-12-15-34-33(24-29)45(59)63-48(34)35-16-13-30(56)25-38(35)62-39-26-31(57)14-17-36(39)48/h6-7,9-10,12-17,24-26,56-57H,4-5,8,11,18-23,27-28H2,1-3H3,(H2,49,53)(H,50,58)(H2,51,52,64). The molecule has 0 atom stereocenters. The van der Waals surface area contributed by atoms with Gasteiger partial charge in [0.05, 0.1) is 36.4 Å². The first kappa shape index (κ1) is 44.1. The number of benzene rings is 4. The van der Waals surface area contributed by atoms with E-state index < -0.39 is 11.6 Å². The van der Waals surface area contributed by atoms with Crippen molar-refractivity contribution < 1.29 is 38.7 Å². The first-order chi connectivity index (χ1) is 30.9. The number of para-hydroxylation sites is 1. The molecule has 0 saturated carbocycles. The van der Waals surface area contributed by atoms with Gasteiger partial charge < -0.3 is 55.4 Å². The molecule has 6 aromatic rings. The molecule has 0 fully saturated rings. The maximum absolute atomic E-state index is 13.4. The van der Waals surface area contributed by atoms with E-state index >= 15 is 0 Å². The number of fused-ring (bicyclic) bond motifs is 9. The first-order valence-electron chi connectivity index (χ1n) is 21.6. The summed E-state index contributed by atoms with van der Waals surface area (Å²) in [7, 11) is 0. The molecule has 0 unspecified atom stereocenters. The van der Waals surface area contributed by atoms with Crippen molar-refractivity contribution in [3.63, 3.8) is 0 Å². The van der Waals surface area contributed by atoms with Crippen molar-refractivity contribution >= 4 is 62.6 Å². The van der Waals surface area contributed by atoms with Gasteiger partial charge >= 0.3 is 5.97 Å². The maximum Gasteiger partial charge on any atom is 0.340 e. The van der Waals surface area contributed by atoms with Crippen LogP contribution in [0.3, 0.4) is 0 Å². The number of aromatic nitrogens is 3. The molecule has 16 heteroatoms. The summed E-state index contributed by atoms with van der Waals surface area (Å²) in [6.45, 7) is 9.71. The molecular formula is C48H53N7O8S. The van der Waals surface area contributed by atoms with Crippen LogP contribution in [-0.2, 0) is 37.6 Å². The number of ether oxygens (including phenoxy) is 4. The predicted molar refractivity (Wildman–Crippen MR) is 248 cm³/mol. The maximum atomic E-state index is 13.4. The van der Waals surface area contributed by atoms with Gasteiger partial charge in [0, 0.05) is 84.4 Å². The van der Waals surface area contributed by atoms with Gasteiger partial charge in [-0.1, -0.05) is 51.5 Å². The molecule has 2 aliphatic rings. The Morgan fingerprint density at radius 1 is 0.891 bits per heavy atom. The fourth-order valence-corrected chi connectivity index (χ4v) is 8.60. The van der Waals surface area contributed by atoms with Crippen molar-refractivity contribution in [1.82, 2.24) is 25.2 Å². The predicted octanol–water partition coefficient (Wildman–Crippen LogP) is 7.43. The van der Waals surface area contributed by atoms with E-state index in [1.165, 1.54) is 24.3 Å². The van der Waals surface area contributed by atoms with Gasteiger partial charge in [0.25, 0.3) is 0 Å². The minimum Gasteiger partial charge on any atom is -0.508 e. The highest BCUT2D eigenvalue weighted by atomic mass is 32.1. The van der Waals surface area contributed by atoms with Crippen LogP contribution in [0.5, 0.6) is 23.0 Å². The number of phenolic OH excluding ortho intramolecular Hbond substituents is 2. The number of thiocarbonyl (C=S) groups is 1. The number of carbonyl (C=O) groups excluding carboxylic acids is 2. The van der Waals surface area contributed by atoms with Gasteiger partial charge in [0.15, 0.2) is 16.5 Å². The number of rotatable bonds is 18. The second kappa shape index (κ2) is 18.7. The highest BCUT2D eigenvalue weighted by molar-refractivity contribution is 7.80. The number of unbranched alkanes of at least 4 members (excludes halogenated alkanes) is 1. The largest absolute Gasteiger partial charge is 0.508 e. The molecule has 0 aliphatic carbocycles. The van der Waals surface area contributed by atoms with Crippen molar-refractivity contribution in [2.45, 2.75) is 65.0 Å². The van der Waals surface area contributed by atoms with Gasteiger partial charge in [-0.15, -0.1) is 0 Å². The van der Waals surface area contributed by atoms with E-state index in [0.717, 1.165) is 47.0 Å². The van der Waals surface area contributed by atoms with Gasteiger partial charge in [-0.05, 0) is 67.5 Å². The molecule has 64 heavy (non-hydrogen) atoms. The average Bonchev–Trinajstić information content (AvgIpc) is 3.76. The molecule has 0 radical (unpaired) electrons. The summed E-state index contributed by atoms with van der Waals surface area (Å²) in [6, 6.07) is 22.6. The molecule has 1 amide bonds. The minimum atomic E-state index is -1.34. The number of nitrogens with one attached hydrogen (secondary N) is 3. The third-order valence-electron chi connectivity index (χ3n) is 11.3. The van der Waals surface area contributed by atoms with E-state index in [0.29, 0.717) is 96.2 Å². The summed E-state index contributed by atoms with van der Waals surface area (Å²) in [6.07, 6.45) is 3.81. The molecule has 7 N–H and O–H groups in total. The minimum absolute atomic E-state index is 0.0152. The fraction of sp³-hybridized carbons (Fsp3) is 0.354. The Balaban J connectivity index is 0.742. The number of nitrogen functional groups attached to an aromatic ring is 1. The van der Waals surface area contributed by atoms with Crippen LogP contribution in [-0.4, -0.2) is 81.3 Å². The number of imidazole rings is 1. The summed E-state index contributed by atoms with van der Waals surface area (Å²) >= 11 is 5.52. The van der Waals surface area contributed by atoms with Crippen LogP contribution < -0.4 is 26.4 Å². The Hall–Kier alpha value is -6.49. The Bertz CT molecular complexity index is 2690. The number of hydrogen-bond donors (Lipinski definition) is 6. The zero-order valence-electron chi connectivity index (χ0n) is 36.2. The van der Waals surface area contributed by atoms with Crippen LogP contribution in [0.4, 0.5) is 11.5 Å². The van der Waals surface area contributed by atoms with E-state index in [1.54, 1.807) is 30.3 Å². The van der Waals surface area contributed by atoms with Crippen LogP contribution in [0, 0.1) is 5.41 Å². The normalized spacial score (nSPS) is 13.6. The van der Waals surface area contributed by atoms with Crippen LogP contribution >= 0.6 is 12.2 Å². The zero-order chi connectivity index (χ0) is 45.0. The van der Waals surface area contributed by atoms with Crippen molar-refractivity contribution in [2.24, 2.45) is 5.41 Å². The molecule has 1 spiro atoms. The summed E-state index contributed by atoms with van der Waals surface area (Å²) < 4.78 is 26.2. The van der Waals surface area contributed by atoms with E-state index in [-0.39, 0.29) is 35.8 Å². The zero-order valence-corrected chi connectivity index (χ0v) is 37.0. The number of aromatic hydroxyl groups is 2. The number of aryl methyl sites for hydroxylation is 1. The molecule has 0 saturated heterocycles. The number of pyridine rings is 1. The number of phenols is 2. The molecule has 2 aliphatic heterocycles. The van der Waals surface area contributed by atoms with Crippen molar-refractivity contribution in [1.29, 1.82) is 0 Å². The second-order valence-corrected chi connectivity index (χ2v) is 17.3. The summed E-state index contributed by atoms with van der Waals surface area (Å²) in [5, 5.41) is 30.9. The Kier molecular flexibility index (Phi) is 12.9. The smallest absolute Gasteiger partial charge is 0.340 e. The number of esters is 1. The fourth-order valence-electron chi connectivity index (χ4n) is 8.38. The molecule has 0 bridgehead atoms. The van der Waals surface area contributed by atoms with Crippen LogP contribution in [0.15, 0.2) is 78.9 Å². The Morgan fingerprint density at radius 2 is 1.62 bits per heavy atom. The molecule has 2 aromatic heterocycles. The summed E-state index contributed by atoms with van der Waals surface area (Å²) in [4.78, 5) is 35.5. The third-order valence-corrected chi connectivity index (χ3v) is 11.6. The average molecular weight is 888 g/mol. The SMILES string of the molecule is CCCCc1nc2c(N)nc3ccccc3c2n1CC(C)(C)COCCNC(=O)CCOCCCNC(=S)Nc1ccc2c(c1)C(=O)OC21c2ccc(O)cc2Oc2cc(O)ccc21. The quantitative estimate of drug-likeness (QED) is 0.0282. The number of nitrogens with zero attached hydrogens (tertiary/aromatic N) is 3. The molecule has 8 rings (SSSR count). The lowest BCUT2D eigenvalue weighted by atomic mass is 9.77. The number of nitrogens with two attached hydrogens (primary N) is 1. The Labute approximate surface area is 376 Å². The number of hydrogen-bond acceptors (Lipinski definition) is 12. The lowest BCUT2D eigenvalue weighted by Crippen LogP contribution is -2.33. The topological polar surface area (TPSA) is 204 Å². The van der Waals surface area contributed by atoms with E-state index in [2.05, 4.69) is 52.3 Å². The van der Waals surface area contributed by atoms with Gasteiger partial charge in [-0.2, -0.15) is 0 Å². The molecule has 334 valence electrons. The van der Waals surface area contributed by atoms with Gasteiger partial charge in [-0.3, -0.25) is 4.79 Å². The third kappa shape index (κ3) is 9.12. The lowest BCUT2D eigenvalue weighted by molar-refractivity contribution is -0.122. The number of amides is 1. The van der Waals surface area contributed by atoms with Gasteiger partial charge in [0.2, 0.25) is 5.91 Å². The van der Waals surface area contributed by atoms with Crippen LogP contribution in [0.25, 0.3) is 21.9 Å². The molecule has 15 nitrogen and oxygen atoms in total. The second-order valence-electron chi connectivity index (χ2n) is 16.9. The monoisotopic (exact) mass is 887 g/mol. The molecule has 4 heterocycles. The van der Waals surface area contributed by atoms with Crippen molar-refractivity contribution in [3.8, 4) is 23.0 Å². The summed E-state index contributed by atoms with van der Waals surface area (Å²) in [5.41, 5.74) is 10.0. The van der Waals surface area contributed by atoms with Crippen molar-refractivity contribution in [2.75, 3.05) is 50.6 Å². The lowest BCUT2D eigenvalue weighted by Gasteiger charge is -2.36. The summed E-state index contributed by atoms with van der Waals surface area (Å²) in [5.74, 6) is 1.38. The first-order valence-corrected chi connectivity index (χ1v) is 22.0. The molecule has 4 aromatic carbocycles. The van der Waals surface area contributed by atoms with E-state index in [9.17, 15) is 19.8 Å². The van der Waals surface area contributed by atoms with Crippen molar-refractivity contribution in [3.05, 3.63) is 107 Å². The molecular weight excluding hydrogens is 835 g/mol. The number of carbonyl (C=O) groups is 2.